The van der Waals surface area contributed by atoms with Crippen LogP contribution in [0.2, 0.25) is 0 Å². The zero-order valence-corrected chi connectivity index (χ0v) is 20.4. The second-order valence-electron chi connectivity index (χ2n) is 8.36. The van der Waals surface area contributed by atoms with Gasteiger partial charge in [0.15, 0.2) is 17.2 Å². The van der Waals surface area contributed by atoms with Gasteiger partial charge in [0.25, 0.3) is 11.8 Å². The summed E-state index contributed by atoms with van der Waals surface area (Å²) in [5.74, 6) is -0.426. The maximum Gasteiger partial charge on any atom is 0.290 e. The molecule has 5 rings (SSSR count). The number of amidine groups is 1. The molecule has 4 aromatic rings. The van der Waals surface area contributed by atoms with Crippen LogP contribution in [-0.4, -0.2) is 70.4 Å². The lowest BCUT2D eigenvalue weighted by Gasteiger charge is -2.31. The normalized spacial score (nSPS) is 14.8. The van der Waals surface area contributed by atoms with Crippen molar-refractivity contribution in [3.8, 4) is 0 Å². The molecule has 1 aliphatic heterocycles. The highest BCUT2D eigenvalue weighted by atomic mass is 32.1. The first-order valence-corrected chi connectivity index (χ1v) is 12.1. The van der Waals surface area contributed by atoms with Gasteiger partial charge in [-0.3, -0.25) is 14.6 Å². The van der Waals surface area contributed by atoms with Gasteiger partial charge in [-0.25, -0.2) is 19.9 Å². The Labute approximate surface area is 209 Å². The summed E-state index contributed by atoms with van der Waals surface area (Å²) in [6.45, 7) is 4.81. The minimum Gasteiger partial charge on any atom is -0.380 e. The first-order chi connectivity index (χ1) is 17.4. The minimum absolute atomic E-state index is 0.0470. The van der Waals surface area contributed by atoms with E-state index < -0.39 is 5.91 Å². The van der Waals surface area contributed by atoms with Crippen LogP contribution < -0.4 is 11.2 Å². The van der Waals surface area contributed by atoms with Crippen molar-refractivity contribution in [1.82, 2.24) is 45.1 Å². The third-order valence-corrected chi connectivity index (χ3v) is 6.92. The van der Waals surface area contributed by atoms with Crippen LogP contribution in [0.5, 0.6) is 0 Å². The van der Waals surface area contributed by atoms with Gasteiger partial charge in [-0.2, -0.15) is 10.2 Å². The van der Waals surface area contributed by atoms with Crippen molar-refractivity contribution in [3.05, 3.63) is 63.5 Å². The van der Waals surface area contributed by atoms with Gasteiger partial charge in [0.2, 0.25) is 0 Å². The molecule has 5 heterocycles. The number of piperidine rings is 1. The number of thiazole rings is 1. The summed E-state index contributed by atoms with van der Waals surface area (Å²) >= 11 is 1.42. The van der Waals surface area contributed by atoms with Gasteiger partial charge in [-0.05, 0) is 26.7 Å². The fraction of sp³-hybridized carbons (Fsp3) is 0.318. The first-order valence-electron chi connectivity index (χ1n) is 11.2. The monoisotopic (exact) mass is 505 g/mol. The van der Waals surface area contributed by atoms with Crippen molar-refractivity contribution in [2.75, 3.05) is 13.1 Å². The number of carbonyl (C=O) groups excluding carboxylic acids is 2. The molecule has 0 bridgehead atoms. The molecule has 0 aromatic carbocycles. The Hall–Kier alpha value is -4.33. The number of fused-ring (bicyclic) bond motifs is 1. The van der Waals surface area contributed by atoms with Crippen molar-refractivity contribution < 1.29 is 9.59 Å². The van der Waals surface area contributed by atoms with Crippen LogP contribution in [-0.2, 0) is 0 Å². The number of aromatic nitrogens is 7. The third kappa shape index (κ3) is 4.62. The third-order valence-electron chi connectivity index (χ3n) is 5.92. The largest absolute Gasteiger partial charge is 0.380 e. The van der Waals surface area contributed by atoms with Crippen LogP contribution in [0.4, 0.5) is 0 Å². The molecule has 14 heteroatoms. The molecule has 4 aromatic heterocycles. The lowest BCUT2D eigenvalue weighted by Crippen LogP contribution is -2.39. The van der Waals surface area contributed by atoms with Crippen molar-refractivity contribution in [3.63, 3.8) is 0 Å². The SMILES string of the molecule is Cc1cc2nnc(C(=O)N3CCC(c4nc(C(=O)N/N=C(/N)c5cnccn5)cs4)CC3)c(C)n2n1. The van der Waals surface area contributed by atoms with E-state index in [-0.39, 0.29) is 23.4 Å². The predicted octanol–water partition coefficient (Wildman–Crippen LogP) is 1.06. The predicted molar refractivity (Wildman–Crippen MR) is 130 cm³/mol. The molecule has 0 radical (unpaired) electrons. The molecule has 184 valence electrons. The van der Waals surface area contributed by atoms with Gasteiger partial charge in [-0.15, -0.1) is 21.5 Å². The number of nitrogens with zero attached hydrogens (tertiary/aromatic N) is 9. The Bertz CT molecular complexity index is 1460. The van der Waals surface area contributed by atoms with Crippen LogP contribution in [0.25, 0.3) is 5.65 Å². The Balaban J connectivity index is 1.20. The molecule has 13 nitrogen and oxygen atoms in total. The van der Waals surface area contributed by atoms with E-state index in [0.717, 1.165) is 23.5 Å². The second kappa shape index (κ2) is 9.73. The van der Waals surface area contributed by atoms with E-state index in [9.17, 15) is 9.59 Å². The molecular formula is C22H23N11O2S. The summed E-state index contributed by atoms with van der Waals surface area (Å²) in [6.07, 6.45) is 5.91. The Morgan fingerprint density at radius 1 is 1.17 bits per heavy atom. The van der Waals surface area contributed by atoms with Crippen LogP contribution in [0, 0.1) is 13.8 Å². The van der Waals surface area contributed by atoms with Crippen LogP contribution in [0.15, 0.2) is 35.1 Å². The number of aryl methyl sites for hydroxylation is 2. The molecule has 36 heavy (non-hydrogen) atoms. The molecule has 0 saturated carbocycles. The molecule has 0 atom stereocenters. The van der Waals surface area contributed by atoms with Gasteiger partial charge in [-0.1, -0.05) is 0 Å². The van der Waals surface area contributed by atoms with Crippen molar-refractivity contribution >= 4 is 34.6 Å². The lowest BCUT2D eigenvalue weighted by atomic mass is 9.97. The highest BCUT2D eigenvalue weighted by Crippen LogP contribution is 2.31. The summed E-state index contributed by atoms with van der Waals surface area (Å²) in [5, 5.41) is 19.1. The fourth-order valence-electron chi connectivity index (χ4n) is 3.99. The van der Waals surface area contributed by atoms with Crippen LogP contribution in [0.1, 0.15) is 61.8 Å². The van der Waals surface area contributed by atoms with Crippen LogP contribution >= 0.6 is 11.3 Å². The van der Waals surface area contributed by atoms with Gasteiger partial charge in [0.1, 0.15) is 11.4 Å². The van der Waals surface area contributed by atoms with Crippen molar-refractivity contribution in [2.45, 2.75) is 32.6 Å². The number of hydrazone groups is 1. The number of hydrogen-bond donors (Lipinski definition) is 2. The summed E-state index contributed by atoms with van der Waals surface area (Å²) in [4.78, 5) is 39.8. The summed E-state index contributed by atoms with van der Waals surface area (Å²) in [7, 11) is 0. The van der Waals surface area contributed by atoms with E-state index in [4.69, 9.17) is 5.73 Å². The number of nitrogens with two attached hydrogens (primary N) is 1. The molecule has 0 spiro atoms. The maximum atomic E-state index is 13.1. The summed E-state index contributed by atoms with van der Waals surface area (Å²) < 4.78 is 1.65. The smallest absolute Gasteiger partial charge is 0.290 e. The van der Waals surface area contributed by atoms with E-state index in [1.165, 1.54) is 29.9 Å². The highest BCUT2D eigenvalue weighted by molar-refractivity contribution is 7.09. The Morgan fingerprint density at radius 3 is 2.72 bits per heavy atom. The average Bonchev–Trinajstić information content (AvgIpc) is 3.55. The van der Waals surface area contributed by atoms with Gasteiger partial charge < -0.3 is 10.6 Å². The zero-order valence-electron chi connectivity index (χ0n) is 19.6. The highest BCUT2D eigenvalue weighted by Gasteiger charge is 2.29. The van der Waals surface area contributed by atoms with E-state index >= 15 is 0 Å². The number of nitrogens with one attached hydrogen (secondary N) is 1. The van der Waals surface area contributed by atoms with Crippen molar-refractivity contribution in [1.29, 1.82) is 0 Å². The first kappa shape index (κ1) is 23.4. The fourth-order valence-corrected chi connectivity index (χ4v) is 4.96. The van der Waals surface area contributed by atoms with E-state index in [1.54, 1.807) is 14.8 Å². The molecular weight excluding hydrogens is 482 g/mol. The second-order valence-corrected chi connectivity index (χ2v) is 9.25. The maximum absolute atomic E-state index is 13.1. The van der Waals surface area contributed by atoms with E-state index in [0.29, 0.717) is 35.8 Å². The number of carbonyl (C=O) groups is 2. The Kier molecular flexibility index (Phi) is 6.33. The van der Waals surface area contributed by atoms with E-state index in [1.807, 2.05) is 19.9 Å². The Morgan fingerprint density at radius 2 is 1.97 bits per heavy atom. The quantitative estimate of drug-likeness (QED) is 0.229. The topological polar surface area (TPSA) is 170 Å². The summed E-state index contributed by atoms with van der Waals surface area (Å²) in [6, 6.07) is 1.82. The minimum atomic E-state index is -0.463. The standard InChI is InChI=1S/C22H23N11O2S/c1-12-9-17-27-28-18(13(2)33(17)31-12)22(35)32-7-3-14(4-8-32)21-26-16(11-36-21)20(34)30-29-19(23)15-10-24-5-6-25-15/h5-6,9-11,14H,3-4,7-8H2,1-2H3,(H2,23,29)(H,30,34). The van der Waals surface area contributed by atoms with Crippen LogP contribution in [0.3, 0.4) is 0 Å². The molecule has 1 fully saturated rings. The number of likely N-dealkylation sites (tertiary alicyclic amines) is 1. The number of hydrogen-bond acceptors (Lipinski definition) is 10. The van der Waals surface area contributed by atoms with Crippen molar-refractivity contribution in [2.24, 2.45) is 10.8 Å². The van der Waals surface area contributed by atoms with E-state index in [2.05, 4.69) is 40.8 Å². The number of amides is 2. The summed E-state index contributed by atoms with van der Waals surface area (Å²) in [5.41, 5.74) is 11.3. The lowest BCUT2D eigenvalue weighted by molar-refractivity contribution is 0.0704. The molecule has 3 N–H and O–H groups in total. The molecule has 1 aliphatic rings. The number of rotatable bonds is 5. The van der Waals surface area contributed by atoms with Gasteiger partial charge >= 0.3 is 0 Å². The molecule has 0 aliphatic carbocycles. The van der Waals surface area contributed by atoms with Gasteiger partial charge in [0, 0.05) is 42.8 Å². The zero-order chi connectivity index (χ0) is 25.2. The van der Waals surface area contributed by atoms with Gasteiger partial charge in [0.05, 0.1) is 22.6 Å². The molecule has 0 unspecified atom stereocenters. The molecule has 2 amide bonds. The molecule has 1 saturated heterocycles. The average molecular weight is 506 g/mol.